The van der Waals surface area contributed by atoms with Crippen molar-refractivity contribution in [2.45, 2.75) is 6.54 Å². The Hall–Kier alpha value is -2.81. The lowest BCUT2D eigenvalue weighted by molar-refractivity contribution is 0.354. The van der Waals surface area contributed by atoms with E-state index >= 15 is 0 Å². The minimum atomic E-state index is 0.271. The van der Waals surface area contributed by atoms with E-state index in [2.05, 4.69) is 15.3 Å². The monoisotopic (exact) mass is 270 g/mol. The van der Waals surface area contributed by atoms with Crippen molar-refractivity contribution in [3.05, 3.63) is 41.9 Å². The predicted molar refractivity (Wildman–Crippen MR) is 73.6 cm³/mol. The van der Waals surface area contributed by atoms with Crippen molar-refractivity contribution >= 4 is 5.82 Å². The number of ether oxygens (including phenoxy) is 2. The Kier molecular flexibility index (Phi) is 4.35. The van der Waals surface area contributed by atoms with Crippen molar-refractivity contribution in [3.63, 3.8) is 0 Å². The van der Waals surface area contributed by atoms with Crippen LogP contribution in [0.4, 0.5) is 5.82 Å². The number of benzene rings is 1. The van der Waals surface area contributed by atoms with Crippen LogP contribution in [0.3, 0.4) is 0 Å². The minimum absolute atomic E-state index is 0.271. The summed E-state index contributed by atoms with van der Waals surface area (Å²) in [5.74, 6) is 1.80. The Morgan fingerprint density at radius 2 is 1.90 bits per heavy atom. The molecule has 0 saturated carbocycles. The largest absolute Gasteiger partial charge is 0.493 e. The van der Waals surface area contributed by atoms with Crippen LogP contribution in [-0.2, 0) is 6.54 Å². The highest BCUT2D eigenvalue weighted by atomic mass is 16.5. The number of nitrogens with one attached hydrogen (secondary N) is 1. The van der Waals surface area contributed by atoms with Crippen LogP contribution in [0, 0.1) is 11.3 Å². The Balaban J connectivity index is 2.13. The van der Waals surface area contributed by atoms with Crippen LogP contribution in [0.5, 0.6) is 11.5 Å². The fourth-order valence-electron chi connectivity index (χ4n) is 1.73. The van der Waals surface area contributed by atoms with Crippen LogP contribution in [0.2, 0.25) is 0 Å². The molecule has 0 spiro atoms. The highest BCUT2D eigenvalue weighted by Crippen LogP contribution is 2.27. The molecule has 6 heteroatoms. The van der Waals surface area contributed by atoms with Crippen molar-refractivity contribution in [1.29, 1.82) is 5.26 Å². The molecule has 0 aliphatic carbocycles. The maximum absolute atomic E-state index is 8.94. The van der Waals surface area contributed by atoms with Gasteiger partial charge in [0.05, 0.1) is 14.2 Å². The Labute approximate surface area is 117 Å². The molecule has 20 heavy (non-hydrogen) atoms. The van der Waals surface area contributed by atoms with E-state index in [4.69, 9.17) is 14.7 Å². The molecule has 0 aliphatic heterocycles. The smallest absolute Gasteiger partial charge is 0.182 e. The molecule has 0 radical (unpaired) electrons. The first-order chi connectivity index (χ1) is 9.78. The van der Waals surface area contributed by atoms with E-state index in [0.29, 0.717) is 23.9 Å². The fraction of sp³-hybridized carbons (Fsp3) is 0.214. The van der Waals surface area contributed by atoms with Gasteiger partial charge in [0.1, 0.15) is 6.07 Å². The van der Waals surface area contributed by atoms with Gasteiger partial charge in [0.2, 0.25) is 0 Å². The lowest BCUT2D eigenvalue weighted by Gasteiger charge is -2.10. The number of anilines is 1. The number of aromatic nitrogens is 2. The average Bonchev–Trinajstić information content (AvgIpc) is 2.52. The minimum Gasteiger partial charge on any atom is -0.493 e. The molecule has 2 aromatic rings. The zero-order valence-corrected chi connectivity index (χ0v) is 11.3. The molecule has 1 aromatic heterocycles. The van der Waals surface area contributed by atoms with Gasteiger partial charge in [-0.2, -0.15) is 5.26 Å². The first-order valence-electron chi connectivity index (χ1n) is 5.94. The van der Waals surface area contributed by atoms with Gasteiger partial charge in [-0.25, -0.2) is 9.97 Å². The van der Waals surface area contributed by atoms with E-state index in [1.165, 1.54) is 12.4 Å². The molecule has 0 atom stereocenters. The van der Waals surface area contributed by atoms with Crippen LogP contribution in [0.1, 0.15) is 11.3 Å². The summed E-state index contributed by atoms with van der Waals surface area (Å²) < 4.78 is 10.4. The maximum Gasteiger partial charge on any atom is 0.182 e. The topological polar surface area (TPSA) is 80.1 Å². The summed E-state index contributed by atoms with van der Waals surface area (Å²) in [6, 6.07) is 7.61. The third kappa shape index (κ3) is 2.95. The van der Waals surface area contributed by atoms with Gasteiger partial charge in [0, 0.05) is 18.9 Å². The van der Waals surface area contributed by atoms with Crippen LogP contribution in [-0.4, -0.2) is 24.2 Å². The SMILES string of the molecule is COc1ccc(CNc2nccnc2C#N)cc1OC. The molecule has 6 nitrogen and oxygen atoms in total. The molecule has 0 aliphatic rings. The van der Waals surface area contributed by atoms with E-state index in [1.54, 1.807) is 14.2 Å². The molecule has 0 saturated heterocycles. The van der Waals surface area contributed by atoms with E-state index in [1.807, 2.05) is 24.3 Å². The summed E-state index contributed by atoms with van der Waals surface area (Å²) >= 11 is 0. The second kappa shape index (κ2) is 6.38. The average molecular weight is 270 g/mol. The van der Waals surface area contributed by atoms with Gasteiger partial charge >= 0.3 is 0 Å². The Morgan fingerprint density at radius 1 is 1.15 bits per heavy atom. The normalized spacial score (nSPS) is 9.65. The Bertz CT molecular complexity index is 637. The van der Waals surface area contributed by atoms with Crippen molar-refractivity contribution in [3.8, 4) is 17.6 Å². The van der Waals surface area contributed by atoms with E-state index < -0.39 is 0 Å². The van der Waals surface area contributed by atoms with Crippen LogP contribution in [0.15, 0.2) is 30.6 Å². The number of methoxy groups -OCH3 is 2. The van der Waals surface area contributed by atoms with Crippen molar-refractivity contribution in [2.24, 2.45) is 0 Å². The second-order valence-corrected chi connectivity index (χ2v) is 3.91. The van der Waals surface area contributed by atoms with Crippen LogP contribution in [0.25, 0.3) is 0 Å². The van der Waals surface area contributed by atoms with Gasteiger partial charge in [-0.05, 0) is 17.7 Å². The van der Waals surface area contributed by atoms with Gasteiger partial charge in [-0.3, -0.25) is 0 Å². The van der Waals surface area contributed by atoms with Gasteiger partial charge in [0.25, 0.3) is 0 Å². The lowest BCUT2D eigenvalue weighted by Crippen LogP contribution is -2.04. The Morgan fingerprint density at radius 3 is 2.60 bits per heavy atom. The van der Waals surface area contributed by atoms with Gasteiger partial charge in [-0.15, -0.1) is 0 Å². The summed E-state index contributed by atoms with van der Waals surface area (Å²) in [5, 5.41) is 12.0. The molecule has 1 aromatic carbocycles. The summed E-state index contributed by atoms with van der Waals surface area (Å²) in [7, 11) is 3.18. The number of nitriles is 1. The molecule has 1 heterocycles. The van der Waals surface area contributed by atoms with Crippen LogP contribution < -0.4 is 14.8 Å². The van der Waals surface area contributed by atoms with Crippen molar-refractivity contribution in [2.75, 3.05) is 19.5 Å². The standard InChI is InChI=1S/C14H14N4O2/c1-19-12-4-3-10(7-13(12)20-2)9-18-14-11(8-15)16-5-6-17-14/h3-7H,9H2,1-2H3,(H,17,18). The summed E-state index contributed by atoms with van der Waals surface area (Å²) in [5.41, 5.74) is 1.25. The lowest BCUT2D eigenvalue weighted by atomic mass is 10.2. The molecule has 0 unspecified atom stereocenters. The molecule has 0 amide bonds. The molecule has 0 fully saturated rings. The molecular weight excluding hydrogens is 256 g/mol. The molecule has 2 rings (SSSR count). The highest BCUT2D eigenvalue weighted by molar-refractivity contribution is 5.48. The van der Waals surface area contributed by atoms with Gasteiger partial charge in [-0.1, -0.05) is 6.07 Å². The number of hydrogen-bond acceptors (Lipinski definition) is 6. The summed E-state index contributed by atoms with van der Waals surface area (Å²) in [6.45, 7) is 0.508. The zero-order chi connectivity index (χ0) is 14.4. The van der Waals surface area contributed by atoms with Crippen LogP contribution >= 0.6 is 0 Å². The van der Waals surface area contributed by atoms with Gasteiger partial charge < -0.3 is 14.8 Å². The maximum atomic E-state index is 8.94. The summed E-state index contributed by atoms with van der Waals surface area (Å²) in [6.07, 6.45) is 3.03. The third-order valence-corrected chi connectivity index (χ3v) is 2.71. The molecular formula is C14H14N4O2. The second-order valence-electron chi connectivity index (χ2n) is 3.91. The zero-order valence-electron chi connectivity index (χ0n) is 11.3. The quantitative estimate of drug-likeness (QED) is 0.894. The number of hydrogen-bond donors (Lipinski definition) is 1. The number of rotatable bonds is 5. The van der Waals surface area contributed by atoms with Crippen molar-refractivity contribution in [1.82, 2.24) is 9.97 Å². The highest BCUT2D eigenvalue weighted by Gasteiger charge is 2.06. The summed E-state index contributed by atoms with van der Waals surface area (Å²) in [4.78, 5) is 8.03. The van der Waals surface area contributed by atoms with E-state index in [-0.39, 0.29) is 5.69 Å². The molecule has 102 valence electrons. The van der Waals surface area contributed by atoms with E-state index in [0.717, 1.165) is 5.56 Å². The van der Waals surface area contributed by atoms with Gasteiger partial charge in [0.15, 0.2) is 23.0 Å². The first-order valence-corrected chi connectivity index (χ1v) is 5.94. The molecule has 1 N–H and O–H groups in total. The fourth-order valence-corrected chi connectivity index (χ4v) is 1.73. The number of nitrogens with zero attached hydrogens (tertiary/aromatic N) is 3. The van der Waals surface area contributed by atoms with E-state index in [9.17, 15) is 0 Å². The third-order valence-electron chi connectivity index (χ3n) is 2.71. The predicted octanol–water partition coefficient (Wildman–Crippen LogP) is 1.98. The van der Waals surface area contributed by atoms with Crippen molar-refractivity contribution < 1.29 is 9.47 Å². The first kappa shape index (κ1) is 13.6. The molecule has 0 bridgehead atoms.